The monoisotopic (exact) mass is 451 g/mol. The van der Waals surface area contributed by atoms with Crippen LogP contribution in [0, 0.1) is 0 Å². The summed E-state index contributed by atoms with van der Waals surface area (Å²) in [6, 6.07) is 14.9. The van der Waals surface area contributed by atoms with E-state index in [2.05, 4.69) is 15.3 Å². The maximum atomic E-state index is 13.3. The van der Waals surface area contributed by atoms with Crippen molar-refractivity contribution in [3.63, 3.8) is 0 Å². The summed E-state index contributed by atoms with van der Waals surface area (Å²) in [6.45, 7) is 0.412. The van der Waals surface area contributed by atoms with Gasteiger partial charge in [0, 0.05) is 38.9 Å². The predicted octanol–water partition coefficient (Wildman–Crippen LogP) is 2.34. The topological polar surface area (TPSA) is 98.6 Å². The van der Waals surface area contributed by atoms with Gasteiger partial charge in [0.05, 0.1) is 14.2 Å². The molecular formula is C24H29N5O4. The number of hydrogen-bond donors (Lipinski definition) is 1. The molecule has 2 heterocycles. The Labute approximate surface area is 193 Å². The minimum atomic E-state index is -0.288. The average molecular weight is 452 g/mol. The van der Waals surface area contributed by atoms with Crippen molar-refractivity contribution in [2.75, 3.05) is 27.8 Å². The summed E-state index contributed by atoms with van der Waals surface area (Å²) in [7, 11) is 6.45. The second-order valence-corrected chi connectivity index (χ2v) is 7.59. The van der Waals surface area contributed by atoms with Gasteiger partial charge in [-0.05, 0) is 30.5 Å². The SMILES string of the molecule is COc1cc(C(=O)N(C)[C@H](CCNC(=O)c2cccn2C)Cc2ccccc2)nc(OC)n1. The van der Waals surface area contributed by atoms with Gasteiger partial charge in [-0.3, -0.25) is 9.59 Å². The number of benzene rings is 1. The summed E-state index contributed by atoms with van der Waals surface area (Å²) in [5.74, 6) is -0.197. The Morgan fingerprint density at radius 2 is 1.85 bits per heavy atom. The van der Waals surface area contributed by atoms with Gasteiger partial charge in [0.25, 0.3) is 11.8 Å². The highest BCUT2D eigenvalue weighted by Gasteiger charge is 2.24. The van der Waals surface area contributed by atoms with E-state index in [1.807, 2.05) is 49.6 Å². The van der Waals surface area contributed by atoms with Crippen LogP contribution in [0.5, 0.6) is 11.9 Å². The third-order valence-electron chi connectivity index (χ3n) is 5.41. The fourth-order valence-corrected chi connectivity index (χ4v) is 3.51. The lowest BCUT2D eigenvalue weighted by Crippen LogP contribution is -2.41. The zero-order valence-electron chi connectivity index (χ0n) is 19.3. The van der Waals surface area contributed by atoms with E-state index in [1.54, 1.807) is 22.6 Å². The number of aryl methyl sites for hydroxylation is 1. The van der Waals surface area contributed by atoms with Crippen LogP contribution in [0.3, 0.4) is 0 Å². The predicted molar refractivity (Wildman–Crippen MR) is 124 cm³/mol. The van der Waals surface area contributed by atoms with Crippen LogP contribution < -0.4 is 14.8 Å². The van der Waals surface area contributed by atoms with Crippen LogP contribution >= 0.6 is 0 Å². The maximum Gasteiger partial charge on any atom is 0.320 e. The molecule has 0 unspecified atom stereocenters. The lowest BCUT2D eigenvalue weighted by Gasteiger charge is -2.28. The molecular weight excluding hydrogens is 422 g/mol. The van der Waals surface area contributed by atoms with Gasteiger partial charge in [0.15, 0.2) is 0 Å². The van der Waals surface area contributed by atoms with Crippen LogP contribution in [0.1, 0.15) is 33.0 Å². The molecule has 3 aromatic rings. The zero-order chi connectivity index (χ0) is 23.8. The van der Waals surface area contributed by atoms with Gasteiger partial charge in [-0.1, -0.05) is 30.3 Å². The summed E-state index contributed by atoms with van der Waals surface area (Å²) < 4.78 is 12.0. The third kappa shape index (κ3) is 6.09. The molecule has 3 rings (SSSR count). The number of likely N-dealkylation sites (N-methyl/N-ethyl adjacent to an activating group) is 1. The van der Waals surface area contributed by atoms with E-state index in [0.29, 0.717) is 25.1 Å². The first-order chi connectivity index (χ1) is 15.9. The molecule has 2 aromatic heterocycles. The quantitative estimate of drug-likeness (QED) is 0.508. The number of nitrogens with one attached hydrogen (secondary N) is 1. The maximum absolute atomic E-state index is 13.3. The highest BCUT2D eigenvalue weighted by Crippen LogP contribution is 2.18. The number of carbonyl (C=O) groups is 2. The van der Waals surface area contributed by atoms with Crippen LogP contribution in [-0.2, 0) is 13.5 Å². The molecule has 0 fully saturated rings. The highest BCUT2D eigenvalue weighted by atomic mass is 16.5. The van der Waals surface area contributed by atoms with Gasteiger partial charge in [-0.2, -0.15) is 9.97 Å². The van der Waals surface area contributed by atoms with Crippen LogP contribution in [-0.4, -0.2) is 65.1 Å². The van der Waals surface area contributed by atoms with Gasteiger partial charge >= 0.3 is 6.01 Å². The van der Waals surface area contributed by atoms with E-state index in [0.717, 1.165) is 5.56 Å². The highest BCUT2D eigenvalue weighted by molar-refractivity contribution is 5.93. The molecule has 1 aromatic carbocycles. The van der Waals surface area contributed by atoms with Crippen molar-refractivity contribution >= 4 is 11.8 Å². The molecule has 33 heavy (non-hydrogen) atoms. The van der Waals surface area contributed by atoms with Crippen molar-refractivity contribution in [1.82, 2.24) is 24.8 Å². The van der Waals surface area contributed by atoms with E-state index < -0.39 is 0 Å². The normalized spacial score (nSPS) is 11.5. The molecule has 174 valence electrons. The van der Waals surface area contributed by atoms with Crippen molar-refractivity contribution in [2.24, 2.45) is 7.05 Å². The van der Waals surface area contributed by atoms with Crippen LogP contribution in [0.4, 0.5) is 0 Å². The molecule has 0 aliphatic rings. The molecule has 0 aliphatic heterocycles. The third-order valence-corrected chi connectivity index (χ3v) is 5.41. The van der Waals surface area contributed by atoms with Crippen molar-refractivity contribution in [1.29, 1.82) is 0 Å². The van der Waals surface area contributed by atoms with Crippen LogP contribution in [0.15, 0.2) is 54.7 Å². The Morgan fingerprint density at radius 1 is 1.09 bits per heavy atom. The molecule has 0 bridgehead atoms. The van der Waals surface area contributed by atoms with Crippen molar-refractivity contribution in [2.45, 2.75) is 18.9 Å². The van der Waals surface area contributed by atoms with Gasteiger partial charge in [-0.25, -0.2) is 0 Å². The number of methoxy groups -OCH3 is 2. The van der Waals surface area contributed by atoms with Gasteiger partial charge < -0.3 is 24.3 Å². The average Bonchev–Trinajstić information content (AvgIpc) is 3.28. The smallest absolute Gasteiger partial charge is 0.320 e. The van der Waals surface area contributed by atoms with Crippen molar-refractivity contribution in [3.8, 4) is 11.9 Å². The van der Waals surface area contributed by atoms with Crippen molar-refractivity contribution in [3.05, 3.63) is 71.7 Å². The number of hydrogen-bond acceptors (Lipinski definition) is 6. The first-order valence-corrected chi connectivity index (χ1v) is 10.6. The summed E-state index contributed by atoms with van der Waals surface area (Å²) in [4.78, 5) is 35.6. The molecule has 0 spiro atoms. The zero-order valence-corrected chi connectivity index (χ0v) is 19.3. The fourth-order valence-electron chi connectivity index (χ4n) is 3.51. The molecule has 9 heteroatoms. The Balaban J connectivity index is 1.76. The first-order valence-electron chi connectivity index (χ1n) is 10.6. The number of ether oxygens (including phenoxy) is 2. The molecule has 0 aliphatic carbocycles. The van der Waals surface area contributed by atoms with Gasteiger partial charge in [0.1, 0.15) is 11.4 Å². The number of nitrogens with zero attached hydrogens (tertiary/aromatic N) is 4. The second kappa shape index (κ2) is 11.1. The number of aromatic nitrogens is 3. The van der Waals surface area contributed by atoms with Crippen LogP contribution in [0.25, 0.3) is 0 Å². The Morgan fingerprint density at radius 3 is 2.48 bits per heavy atom. The summed E-state index contributed by atoms with van der Waals surface area (Å²) >= 11 is 0. The molecule has 0 radical (unpaired) electrons. The standard InChI is InChI=1S/C24H29N5O4/c1-28-14-8-11-20(28)22(30)25-13-12-18(15-17-9-6-5-7-10-17)29(2)23(31)19-16-21(32-3)27-24(26-19)33-4/h5-11,14,16,18H,12-13,15H2,1-4H3,(H,25,30)/t18-/m1/s1. The van der Waals surface area contributed by atoms with E-state index >= 15 is 0 Å². The Hall–Kier alpha value is -3.88. The molecule has 2 amide bonds. The Kier molecular flexibility index (Phi) is 8.01. The van der Waals surface area contributed by atoms with Gasteiger partial charge in [0.2, 0.25) is 5.88 Å². The summed E-state index contributed by atoms with van der Waals surface area (Å²) in [5, 5.41) is 2.95. The van der Waals surface area contributed by atoms with E-state index in [1.165, 1.54) is 20.3 Å². The first kappa shape index (κ1) is 23.8. The molecule has 0 saturated heterocycles. The minimum Gasteiger partial charge on any atom is -0.481 e. The molecule has 1 atom stereocenters. The fraction of sp³-hybridized carbons (Fsp3) is 0.333. The van der Waals surface area contributed by atoms with E-state index in [9.17, 15) is 9.59 Å². The van der Waals surface area contributed by atoms with E-state index in [-0.39, 0.29) is 35.4 Å². The molecule has 9 nitrogen and oxygen atoms in total. The largest absolute Gasteiger partial charge is 0.481 e. The van der Waals surface area contributed by atoms with Gasteiger partial charge in [-0.15, -0.1) is 0 Å². The molecule has 0 saturated carbocycles. The molecule has 1 N–H and O–H groups in total. The van der Waals surface area contributed by atoms with Crippen molar-refractivity contribution < 1.29 is 19.1 Å². The summed E-state index contributed by atoms with van der Waals surface area (Å²) in [6.07, 6.45) is 3.01. The summed E-state index contributed by atoms with van der Waals surface area (Å²) in [5.41, 5.74) is 1.85. The Bertz CT molecular complexity index is 1060. The lowest BCUT2D eigenvalue weighted by atomic mass is 10.0. The minimum absolute atomic E-state index is 0.0561. The van der Waals surface area contributed by atoms with E-state index in [4.69, 9.17) is 9.47 Å². The lowest BCUT2D eigenvalue weighted by molar-refractivity contribution is 0.0715. The number of carbonyl (C=O) groups excluding carboxylic acids is 2. The number of amides is 2. The number of rotatable bonds is 10. The second-order valence-electron chi connectivity index (χ2n) is 7.59. The van der Waals surface area contributed by atoms with Crippen LogP contribution in [0.2, 0.25) is 0 Å².